The molecule has 1 aromatic carbocycles. The summed E-state index contributed by atoms with van der Waals surface area (Å²) < 4.78 is 40.2. The third kappa shape index (κ3) is 5.35. The van der Waals surface area contributed by atoms with Crippen molar-refractivity contribution < 1.29 is 27.8 Å². The van der Waals surface area contributed by atoms with Crippen LogP contribution in [0.1, 0.15) is 12.8 Å². The molecule has 6 nitrogen and oxygen atoms in total. The number of halogens is 3. The van der Waals surface area contributed by atoms with Crippen LogP contribution in [0, 0.1) is 5.92 Å². The Labute approximate surface area is 157 Å². The zero-order valence-electron chi connectivity index (χ0n) is 14.5. The summed E-state index contributed by atoms with van der Waals surface area (Å²) in [5.41, 5.74) is 0.794. The summed E-state index contributed by atoms with van der Waals surface area (Å²) in [6.45, 7) is -0.672. The first-order valence-corrected chi connectivity index (χ1v) is 8.34. The van der Waals surface area contributed by atoms with Gasteiger partial charge in [-0.2, -0.15) is 8.78 Å². The molecule has 9 heteroatoms. The van der Waals surface area contributed by atoms with Gasteiger partial charge in [0.15, 0.2) is 11.5 Å². The number of esters is 1. The summed E-state index contributed by atoms with van der Waals surface area (Å²) in [6.07, 6.45) is 2.20. The van der Waals surface area contributed by atoms with E-state index in [0.717, 1.165) is 18.5 Å². The lowest BCUT2D eigenvalue weighted by molar-refractivity contribution is -0.143. The average Bonchev–Trinajstić information content (AvgIpc) is 3.44. The maximum atomic E-state index is 12.6. The number of benzene rings is 1. The molecule has 26 heavy (non-hydrogen) atoms. The zero-order chi connectivity index (χ0) is 17.8. The number of methoxy groups -OCH3 is 1. The van der Waals surface area contributed by atoms with Gasteiger partial charge in [0.2, 0.25) is 0 Å². The molecular formula is C17H23ClF2N2O4. The van der Waals surface area contributed by atoms with Gasteiger partial charge >= 0.3 is 12.6 Å². The lowest BCUT2D eigenvalue weighted by Crippen LogP contribution is -2.54. The van der Waals surface area contributed by atoms with Crippen LogP contribution in [0.15, 0.2) is 18.2 Å². The SMILES string of the molecule is COC(=O)[C@H]1CN(c2ccc(OC(F)F)c(OCC3CC3)c2)CCN1.Cl. The Hall–Kier alpha value is -1.80. The van der Waals surface area contributed by atoms with Crippen molar-refractivity contribution in [2.45, 2.75) is 25.5 Å². The highest BCUT2D eigenvalue weighted by atomic mass is 35.5. The molecule has 1 N–H and O–H groups in total. The molecule has 0 unspecified atom stereocenters. The van der Waals surface area contributed by atoms with Crippen molar-refractivity contribution in [2.75, 3.05) is 38.3 Å². The molecule has 1 aliphatic carbocycles. The van der Waals surface area contributed by atoms with Gasteiger partial charge in [0.05, 0.1) is 13.7 Å². The minimum Gasteiger partial charge on any atom is -0.489 e. The minimum absolute atomic E-state index is 0. The van der Waals surface area contributed by atoms with E-state index < -0.39 is 12.7 Å². The second-order valence-electron chi connectivity index (χ2n) is 6.24. The van der Waals surface area contributed by atoms with Gasteiger partial charge < -0.3 is 24.4 Å². The van der Waals surface area contributed by atoms with E-state index in [2.05, 4.69) is 10.1 Å². The van der Waals surface area contributed by atoms with Crippen molar-refractivity contribution in [3.05, 3.63) is 18.2 Å². The van der Waals surface area contributed by atoms with Crippen LogP contribution in [0.4, 0.5) is 14.5 Å². The van der Waals surface area contributed by atoms with Gasteiger partial charge in [-0.15, -0.1) is 12.4 Å². The second-order valence-corrected chi connectivity index (χ2v) is 6.24. The number of nitrogens with zero attached hydrogens (tertiary/aromatic N) is 1. The van der Waals surface area contributed by atoms with Crippen molar-refractivity contribution in [3.8, 4) is 11.5 Å². The molecule has 2 aliphatic rings. The molecule has 1 aliphatic heterocycles. The number of alkyl halides is 2. The van der Waals surface area contributed by atoms with E-state index in [4.69, 9.17) is 9.47 Å². The van der Waals surface area contributed by atoms with E-state index in [-0.39, 0.29) is 24.1 Å². The zero-order valence-corrected chi connectivity index (χ0v) is 15.3. The van der Waals surface area contributed by atoms with Crippen LogP contribution in [0.2, 0.25) is 0 Å². The van der Waals surface area contributed by atoms with E-state index in [9.17, 15) is 13.6 Å². The Morgan fingerprint density at radius 1 is 1.35 bits per heavy atom. The topological polar surface area (TPSA) is 60.0 Å². The van der Waals surface area contributed by atoms with Crippen molar-refractivity contribution in [1.82, 2.24) is 5.32 Å². The van der Waals surface area contributed by atoms with Crippen molar-refractivity contribution in [2.24, 2.45) is 5.92 Å². The number of ether oxygens (including phenoxy) is 3. The van der Waals surface area contributed by atoms with Gasteiger partial charge in [-0.05, 0) is 30.9 Å². The number of hydrogen-bond donors (Lipinski definition) is 1. The Bertz CT molecular complexity index is 616. The molecule has 1 aromatic rings. The van der Waals surface area contributed by atoms with E-state index in [1.54, 1.807) is 12.1 Å². The predicted octanol–water partition coefficient (Wildman–Crippen LogP) is 2.45. The third-order valence-corrected chi connectivity index (χ3v) is 4.34. The highest BCUT2D eigenvalue weighted by molar-refractivity contribution is 5.85. The second kappa shape index (κ2) is 9.23. The number of hydrogen-bond acceptors (Lipinski definition) is 6. The van der Waals surface area contributed by atoms with Gasteiger partial charge in [-0.3, -0.25) is 4.79 Å². The summed E-state index contributed by atoms with van der Waals surface area (Å²) >= 11 is 0. The molecule has 3 rings (SSSR count). The molecule has 1 saturated carbocycles. The van der Waals surface area contributed by atoms with Gasteiger partial charge in [0.1, 0.15) is 6.04 Å². The van der Waals surface area contributed by atoms with Crippen LogP contribution in [0.25, 0.3) is 0 Å². The largest absolute Gasteiger partial charge is 0.489 e. The first kappa shape index (κ1) is 20.5. The Balaban J connectivity index is 0.00000243. The van der Waals surface area contributed by atoms with E-state index >= 15 is 0 Å². The maximum absolute atomic E-state index is 12.6. The van der Waals surface area contributed by atoms with E-state index in [0.29, 0.717) is 37.9 Å². The Morgan fingerprint density at radius 2 is 2.12 bits per heavy atom. The Morgan fingerprint density at radius 3 is 2.77 bits per heavy atom. The van der Waals surface area contributed by atoms with Crippen LogP contribution in [0.5, 0.6) is 11.5 Å². The fourth-order valence-electron chi connectivity index (χ4n) is 2.78. The number of carbonyl (C=O) groups is 1. The molecular weight excluding hydrogens is 370 g/mol. The average molecular weight is 393 g/mol. The van der Waals surface area contributed by atoms with Crippen molar-refractivity contribution in [3.63, 3.8) is 0 Å². The van der Waals surface area contributed by atoms with Crippen LogP contribution < -0.4 is 19.7 Å². The Kier molecular flexibility index (Phi) is 7.28. The van der Waals surface area contributed by atoms with Gasteiger partial charge in [0.25, 0.3) is 0 Å². The van der Waals surface area contributed by atoms with Gasteiger partial charge in [-0.1, -0.05) is 0 Å². The fraction of sp³-hybridized carbons (Fsp3) is 0.588. The molecule has 0 aromatic heterocycles. The highest BCUT2D eigenvalue weighted by Crippen LogP contribution is 2.36. The number of piperazine rings is 1. The summed E-state index contributed by atoms with van der Waals surface area (Å²) in [7, 11) is 1.35. The van der Waals surface area contributed by atoms with Crippen LogP contribution in [0.3, 0.4) is 0 Å². The van der Waals surface area contributed by atoms with E-state index in [1.807, 2.05) is 4.90 Å². The molecule has 146 valence electrons. The van der Waals surface area contributed by atoms with Gasteiger partial charge in [-0.25, -0.2) is 0 Å². The van der Waals surface area contributed by atoms with Crippen LogP contribution in [-0.4, -0.2) is 52.0 Å². The smallest absolute Gasteiger partial charge is 0.387 e. The number of nitrogens with one attached hydrogen (secondary N) is 1. The third-order valence-electron chi connectivity index (χ3n) is 4.34. The summed E-state index contributed by atoms with van der Waals surface area (Å²) in [6, 6.07) is 4.45. The molecule has 2 fully saturated rings. The minimum atomic E-state index is -2.91. The molecule has 0 bridgehead atoms. The molecule has 1 heterocycles. The normalized spacial score (nSPS) is 19.7. The quantitative estimate of drug-likeness (QED) is 0.719. The molecule has 0 spiro atoms. The first-order chi connectivity index (χ1) is 12.1. The van der Waals surface area contributed by atoms with Crippen LogP contribution >= 0.6 is 12.4 Å². The van der Waals surface area contributed by atoms with Crippen LogP contribution in [-0.2, 0) is 9.53 Å². The molecule has 1 saturated heterocycles. The number of anilines is 1. The standard InChI is InChI=1S/C17H22F2N2O4.ClH/c1-23-16(22)13-9-21(7-6-20-13)12-4-5-14(25-17(18)19)15(8-12)24-10-11-2-3-11;/h4-5,8,11,13,17,20H,2-3,6-7,9-10H2,1H3;1H/t13-;/m1./s1. The van der Waals surface area contributed by atoms with E-state index in [1.165, 1.54) is 13.2 Å². The number of carbonyl (C=O) groups excluding carboxylic acids is 1. The maximum Gasteiger partial charge on any atom is 0.387 e. The fourth-order valence-corrected chi connectivity index (χ4v) is 2.78. The number of rotatable bonds is 7. The van der Waals surface area contributed by atoms with Crippen molar-refractivity contribution in [1.29, 1.82) is 0 Å². The molecule has 0 radical (unpaired) electrons. The summed E-state index contributed by atoms with van der Waals surface area (Å²) in [5.74, 6) is 0.496. The molecule has 0 amide bonds. The van der Waals surface area contributed by atoms with Crippen molar-refractivity contribution >= 4 is 24.1 Å². The lowest BCUT2D eigenvalue weighted by atomic mass is 10.1. The molecule has 1 atom stereocenters. The van der Waals surface area contributed by atoms with Gasteiger partial charge in [0, 0.05) is 31.4 Å². The lowest BCUT2D eigenvalue weighted by Gasteiger charge is -2.34. The summed E-state index contributed by atoms with van der Waals surface area (Å²) in [4.78, 5) is 13.7. The highest BCUT2D eigenvalue weighted by Gasteiger charge is 2.27. The monoisotopic (exact) mass is 392 g/mol. The predicted molar refractivity (Wildman–Crippen MR) is 94.6 cm³/mol. The summed E-state index contributed by atoms with van der Waals surface area (Å²) in [5, 5.41) is 3.10. The first-order valence-electron chi connectivity index (χ1n) is 8.34.